The van der Waals surface area contributed by atoms with Crippen LogP contribution in [0.2, 0.25) is 5.02 Å². The van der Waals surface area contributed by atoms with Crippen LogP contribution in [0, 0.1) is 3.57 Å². The number of ether oxygens (including phenoxy) is 2. The van der Waals surface area contributed by atoms with Gasteiger partial charge in [-0.3, -0.25) is 4.79 Å². The van der Waals surface area contributed by atoms with E-state index < -0.39 is 0 Å². The molecule has 0 aliphatic carbocycles. The van der Waals surface area contributed by atoms with Crippen LogP contribution in [0.3, 0.4) is 0 Å². The first-order valence-electron chi connectivity index (χ1n) is 10.5. The lowest BCUT2D eigenvalue weighted by Crippen LogP contribution is -2.21. The highest BCUT2D eigenvalue weighted by atomic mass is 127. The highest BCUT2D eigenvalue weighted by molar-refractivity contribution is 14.1. The van der Waals surface area contributed by atoms with Gasteiger partial charge in [-0.05, 0) is 90.0 Å². The molecule has 0 bridgehead atoms. The molecule has 4 rings (SSSR count). The van der Waals surface area contributed by atoms with Crippen LogP contribution in [0.4, 0.5) is 5.69 Å². The number of benzene rings is 3. The molecule has 3 aromatic rings. The highest BCUT2D eigenvalue weighted by Gasteiger charge is 2.28. The van der Waals surface area contributed by atoms with Crippen LogP contribution in [0.25, 0.3) is 6.08 Å². The summed E-state index contributed by atoms with van der Waals surface area (Å²) in [6, 6.07) is 20.8. The SMILES string of the molecule is CCOc1cc(/C=C2/C(=O)N(c3ccccc3)N=C2C)cc(I)c1OCc1ccc(Cl)cc1. The average molecular weight is 573 g/mol. The number of hydrogen-bond donors (Lipinski definition) is 0. The second-order valence-corrected chi connectivity index (χ2v) is 8.97. The van der Waals surface area contributed by atoms with Crippen molar-refractivity contribution >= 4 is 57.6 Å². The lowest BCUT2D eigenvalue weighted by molar-refractivity contribution is -0.114. The summed E-state index contributed by atoms with van der Waals surface area (Å²) in [5.74, 6) is 1.14. The number of halogens is 2. The lowest BCUT2D eigenvalue weighted by atomic mass is 10.1. The minimum atomic E-state index is -0.158. The van der Waals surface area contributed by atoms with E-state index in [2.05, 4.69) is 27.7 Å². The fourth-order valence-electron chi connectivity index (χ4n) is 3.41. The molecule has 7 heteroatoms. The lowest BCUT2D eigenvalue weighted by Gasteiger charge is -2.15. The number of para-hydroxylation sites is 1. The van der Waals surface area contributed by atoms with Crippen molar-refractivity contribution in [3.8, 4) is 11.5 Å². The Labute approximate surface area is 211 Å². The molecule has 1 amide bonds. The van der Waals surface area contributed by atoms with Gasteiger partial charge in [-0.15, -0.1) is 0 Å². The maximum absolute atomic E-state index is 13.0. The number of hydrogen-bond acceptors (Lipinski definition) is 4. The fourth-order valence-corrected chi connectivity index (χ4v) is 4.31. The van der Waals surface area contributed by atoms with Crippen molar-refractivity contribution in [2.75, 3.05) is 11.6 Å². The van der Waals surface area contributed by atoms with E-state index in [9.17, 15) is 4.79 Å². The van der Waals surface area contributed by atoms with Crippen molar-refractivity contribution in [3.63, 3.8) is 0 Å². The molecule has 0 saturated heterocycles. The average Bonchev–Trinajstić information content (AvgIpc) is 3.09. The van der Waals surface area contributed by atoms with E-state index in [0.717, 1.165) is 20.4 Å². The van der Waals surface area contributed by atoms with Crippen molar-refractivity contribution in [1.29, 1.82) is 0 Å². The third kappa shape index (κ3) is 5.39. The van der Waals surface area contributed by atoms with E-state index in [1.165, 1.54) is 5.01 Å². The summed E-state index contributed by atoms with van der Waals surface area (Å²) in [4.78, 5) is 13.0. The largest absolute Gasteiger partial charge is 0.490 e. The predicted molar refractivity (Wildman–Crippen MR) is 141 cm³/mol. The van der Waals surface area contributed by atoms with E-state index in [-0.39, 0.29) is 5.91 Å². The first-order valence-corrected chi connectivity index (χ1v) is 11.9. The van der Waals surface area contributed by atoms with Crippen LogP contribution in [0.15, 0.2) is 77.4 Å². The number of amides is 1. The first kappa shape index (κ1) is 23.3. The molecule has 0 spiro atoms. The molecule has 1 aliphatic rings. The Morgan fingerprint density at radius 2 is 1.79 bits per heavy atom. The van der Waals surface area contributed by atoms with Crippen molar-refractivity contribution in [3.05, 3.63) is 92.0 Å². The van der Waals surface area contributed by atoms with Gasteiger partial charge in [0.1, 0.15) is 6.61 Å². The number of carbonyl (C=O) groups excluding carboxylic acids is 1. The summed E-state index contributed by atoms with van der Waals surface area (Å²) in [6.07, 6.45) is 1.85. The number of nitrogens with zero attached hydrogens (tertiary/aromatic N) is 2. The van der Waals surface area contributed by atoms with Crippen molar-refractivity contribution in [2.24, 2.45) is 5.10 Å². The highest BCUT2D eigenvalue weighted by Crippen LogP contribution is 2.36. The number of hydrazone groups is 1. The fraction of sp³-hybridized carbons (Fsp3) is 0.154. The first-order chi connectivity index (χ1) is 16.0. The molecule has 5 nitrogen and oxygen atoms in total. The number of anilines is 1. The van der Waals surface area contributed by atoms with Crippen LogP contribution in [0.5, 0.6) is 11.5 Å². The smallest absolute Gasteiger partial charge is 0.280 e. The van der Waals surface area contributed by atoms with Crippen LogP contribution in [0.1, 0.15) is 25.0 Å². The minimum Gasteiger partial charge on any atom is -0.490 e. The molecule has 0 fully saturated rings. The summed E-state index contributed by atoms with van der Waals surface area (Å²) >= 11 is 8.20. The zero-order valence-corrected chi connectivity index (χ0v) is 21.1. The second-order valence-electron chi connectivity index (χ2n) is 7.37. The monoisotopic (exact) mass is 572 g/mol. The van der Waals surface area contributed by atoms with E-state index in [1.54, 1.807) is 0 Å². The van der Waals surface area contributed by atoms with E-state index in [0.29, 0.717) is 41.0 Å². The Kier molecular flexibility index (Phi) is 7.35. The molecule has 3 aromatic carbocycles. The third-order valence-corrected chi connectivity index (χ3v) is 6.06. The van der Waals surface area contributed by atoms with E-state index in [1.807, 2.05) is 86.7 Å². The van der Waals surface area contributed by atoms with Gasteiger partial charge in [-0.2, -0.15) is 10.1 Å². The topological polar surface area (TPSA) is 51.1 Å². The standard InChI is InChI=1S/C26H22ClIN2O3/c1-3-32-24-15-19(14-23(28)25(24)33-16-18-9-11-20(27)12-10-18)13-22-17(2)29-30(26(22)31)21-7-5-4-6-8-21/h4-15H,3,16H2,1-2H3/b22-13+. The van der Waals surface area contributed by atoms with Gasteiger partial charge in [0.05, 0.1) is 27.1 Å². The molecule has 0 atom stereocenters. The molecule has 0 radical (unpaired) electrons. The molecule has 0 saturated carbocycles. The zero-order valence-electron chi connectivity index (χ0n) is 18.2. The van der Waals surface area contributed by atoms with Gasteiger partial charge >= 0.3 is 0 Å². The van der Waals surface area contributed by atoms with Crippen LogP contribution >= 0.6 is 34.2 Å². The summed E-state index contributed by atoms with van der Waals surface area (Å²) in [5, 5.41) is 6.57. The molecule has 0 unspecified atom stereocenters. The normalized spacial score (nSPS) is 14.5. The van der Waals surface area contributed by atoms with E-state index >= 15 is 0 Å². The molecule has 0 aromatic heterocycles. The summed E-state index contributed by atoms with van der Waals surface area (Å²) in [7, 11) is 0. The van der Waals surface area contributed by atoms with Crippen molar-refractivity contribution < 1.29 is 14.3 Å². The third-order valence-electron chi connectivity index (χ3n) is 5.00. The Balaban J connectivity index is 1.60. The Bertz CT molecular complexity index is 1220. The maximum Gasteiger partial charge on any atom is 0.280 e. The number of carbonyl (C=O) groups is 1. The molecular formula is C26H22ClIN2O3. The van der Waals surface area contributed by atoms with Gasteiger partial charge in [0, 0.05) is 5.02 Å². The van der Waals surface area contributed by atoms with Crippen LogP contribution in [-0.4, -0.2) is 18.2 Å². The summed E-state index contributed by atoms with van der Waals surface area (Å²) < 4.78 is 12.9. The number of rotatable bonds is 7. The zero-order chi connectivity index (χ0) is 23.4. The molecule has 1 heterocycles. The van der Waals surface area contributed by atoms with Gasteiger partial charge in [-0.25, -0.2) is 0 Å². The second kappa shape index (κ2) is 10.4. The minimum absolute atomic E-state index is 0.158. The predicted octanol–water partition coefficient (Wildman–Crippen LogP) is 6.73. The molecular weight excluding hydrogens is 551 g/mol. The summed E-state index contributed by atoms with van der Waals surface area (Å²) in [6.45, 7) is 4.65. The molecule has 168 valence electrons. The quantitative estimate of drug-likeness (QED) is 0.233. The van der Waals surface area contributed by atoms with Crippen molar-refractivity contribution in [2.45, 2.75) is 20.5 Å². The van der Waals surface area contributed by atoms with Gasteiger partial charge in [0.2, 0.25) is 0 Å². The van der Waals surface area contributed by atoms with Gasteiger partial charge in [-0.1, -0.05) is 41.9 Å². The van der Waals surface area contributed by atoms with Crippen LogP contribution < -0.4 is 14.5 Å². The van der Waals surface area contributed by atoms with Gasteiger partial charge < -0.3 is 9.47 Å². The van der Waals surface area contributed by atoms with Crippen LogP contribution in [-0.2, 0) is 11.4 Å². The summed E-state index contributed by atoms with van der Waals surface area (Å²) in [5.41, 5.74) is 3.80. The van der Waals surface area contributed by atoms with E-state index in [4.69, 9.17) is 21.1 Å². The van der Waals surface area contributed by atoms with Crippen molar-refractivity contribution in [1.82, 2.24) is 0 Å². The Morgan fingerprint density at radius 3 is 2.48 bits per heavy atom. The maximum atomic E-state index is 13.0. The molecule has 33 heavy (non-hydrogen) atoms. The van der Waals surface area contributed by atoms with Gasteiger partial charge in [0.25, 0.3) is 5.91 Å². The van der Waals surface area contributed by atoms with Gasteiger partial charge in [0.15, 0.2) is 11.5 Å². The Morgan fingerprint density at radius 1 is 1.06 bits per heavy atom. The molecule has 1 aliphatic heterocycles. The molecule has 0 N–H and O–H groups in total. The Hall–Kier alpha value is -2.84.